The average Bonchev–Trinajstić information content (AvgIpc) is 2.29. The molecule has 0 saturated heterocycles. The Labute approximate surface area is 103 Å². The number of nitrogens with zero attached hydrogens (tertiary/aromatic N) is 1. The number of benzene rings is 1. The Kier molecular flexibility index (Phi) is 3.55. The molecule has 0 atom stereocenters. The minimum absolute atomic E-state index is 0.813. The summed E-state index contributed by atoms with van der Waals surface area (Å²) in [5, 5.41) is 3.10. The highest BCUT2D eigenvalue weighted by molar-refractivity contribution is 5.64. The van der Waals surface area contributed by atoms with Crippen LogP contribution in [0.3, 0.4) is 0 Å². The van der Waals surface area contributed by atoms with Gasteiger partial charge in [-0.15, -0.1) is 0 Å². The molecule has 1 aromatic heterocycles. The van der Waals surface area contributed by atoms with Gasteiger partial charge in [0.1, 0.15) is 0 Å². The summed E-state index contributed by atoms with van der Waals surface area (Å²) in [7, 11) is 1.93. The molecule has 0 bridgehead atoms. The van der Waals surface area contributed by atoms with Crippen LogP contribution in [0, 0.1) is 13.8 Å². The third kappa shape index (κ3) is 2.92. The van der Waals surface area contributed by atoms with Crippen LogP contribution in [0.5, 0.6) is 0 Å². The Bertz CT molecular complexity index is 481. The summed E-state index contributed by atoms with van der Waals surface area (Å²) in [4.78, 5) is 4.44. The molecule has 0 radical (unpaired) electrons. The number of nitrogens with one attached hydrogen (secondary N) is 1. The summed E-state index contributed by atoms with van der Waals surface area (Å²) in [5.41, 5.74) is 6.07. The van der Waals surface area contributed by atoms with Crippen molar-refractivity contribution in [1.82, 2.24) is 10.3 Å². The number of hydrogen-bond donors (Lipinski definition) is 1. The van der Waals surface area contributed by atoms with E-state index in [0.29, 0.717) is 0 Å². The third-order valence-corrected chi connectivity index (χ3v) is 2.74. The highest BCUT2D eigenvalue weighted by atomic mass is 14.8. The summed E-state index contributed by atoms with van der Waals surface area (Å²) >= 11 is 0. The molecule has 88 valence electrons. The van der Waals surface area contributed by atoms with Crippen molar-refractivity contribution in [3.05, 3.63) is 53.3 Å². The van der Waals surface area contributed by atoms with Gasteiger partial charge < -0.3 is 5.32 Å². The molecule has 17 heavy (non-hydrogen) atoms. The first-order valence-electron chi connectivity index (χ1n) is 5.87. The summed E-state index contributed by atoms with van der Waals surface area (Å²) in [6, 6.07) is 10.8. The van der Waals surface area contributed by atoms with E-state index < -0.39 is 0 Å². The van der Waals surface area contributed by atoms with Crippen molar-refractivity contribution in [1.29, 1.82) is 0 Å². The summed E-state index contributed by atoms with van der Waals surface area (Å²) in [5.74, 6) is 0. The fourth-order valence-electron chi connectivity index (χ4n) is 2.02. The fourth-order valence-corrected chi connectivity index (χ4v) is 2.02. The number of pyridine rings is 1. The van der Waals surface area contributed by atoms with Crippen LogP contribution in [0.15, 0.2) is 36.5 Å². The first-order chi connectivity index (χ1) is 8.19. The number of hydrogen-bond acceptors (Lipinski definition) is 2. The molecule has 2 nitrogen and oxygen atoms in total. The van der Waals surface area contributed by atoms with Crippen LogP contribution in [-0.2, 0) is 6.54 Å². The van der Waals surface area contributed by atoms with Crippen molar-refractivity contribution in [2.75, 3.05) is 7.05 Å². The number of rotatable bonds is 3. The predicted octanol–water partition coefficient (Wildman–Crippen LogP) is 3.08. The van der Waals surface area contributed by atoms with Gasteiger partial charge in [0, 0.05) is 18.3 Å². The highest BCUT2D eigenvalue weighted by Gasteiger charge is 2.00. The Morgan fingerprint density at radius 1 is 1.00 bits per heavy atom. The largest absolute Gasteiger partial charge is 0.314 e. The van der Waals surface area contributed by atoms with Crippen molar-refractivity contribution in [3.63, 3.8) is 0 Å². The van der Waals surface area contributed by atoms with E-state index in [4.69, 9.17) is 0 Å². The normalized spacial score (nSPS) is 10.5. The molecule has 1 aromatic carbocycles. The molecule has 0 amide bonds. The van der Waals surface area contributed by atoms with Gasteiger partial charge in [-0.25, -0.2) is 0 Å². The van der Waals surface area contributed by atoms with E-state index in [2.05, 4.69) is 54.5 Å². The molecule has 2 heteroatoms. The van der Waals surface area contributed by atoms with Gasteiger partial charge in [-0.2, -0.15) is 0 Å². The van der Waals surface area contributed by atoms with Crippen LogP contribution < -0.4 is 5.32 Å². The maximum atomic E-state index is 4.44. The van der Waals surface area contributed by atoms with Crippen molar-refractivity contribution >= 4 is 0 Å². The molecule has 1 N–H and O–H groups in total. The zero-order chi connectivity index (χ0) is 12.3. The van der Waals surface area contributed by atoms with Crippen molar-refractivity contribution < 1.29 is 0 Å². The number of aryl methyl sites for hydroxylation is 2. The third-order valence-electron chi connectivity index (χ3n) is 2.74. The molecule has 0 aliphatic carbocycles. The van der Waals surface area contributed by atoms with Crippen LogP contribution in [0.1, 0.15) is 16.8 Å². The summed E-state index contributed by atoms with van der Waals surface area (Å²) in [6.45, 7) is 5.06. The molecule has 0 aliphatic rings. The molecule has 0 spiro atoms. The first-order valence-corrected chi connectivity index (χ1v) is 5.87. The highest BCUT2D eigenvalue weighted by Crippen LogP contribution is 2.21. The lowest BCUT2D eigenvalue weighted by Gasteiger charge is -2.06. The van der Waals surface area contributed by atoms with E-state index in [1.165, 1.54) is 22.3 Å². The van der Waals surface area contributed by atoms with Crippen LogP contribution in [-0.4, -0.2) is 12.0 Å². The van der Waals surface area contributed by atoms with Crippen molar-refractivity contribution in [3.8, 4) is 11.1 Å². The van der Waals surface area contributed by atoms with Gasteiger partial charge in [0.15, 0.2) is 0 Å². The second-order valence-electron chi connectivity index (χ2n) is 4.44. The van der Waals surface area contributed by atoms with E-state index in [1.807, 2.05) is 13.2 Å². The molecule has 0 fully saturated rings. The summed E-state index contributed by atoms with van der Waals surface area (Å²) < 4.78 is 0. The molecular weight excluding hydrogens is 208 g/mol. The van der Waals surface area contributed by atoms with Gasteiger partial charge in [-0.3, -0.25) is 4.98 Å². The lowest BCUT2D eigenvalue weighted by molar-refractivity contribution is 0.791. The molecule has 1 heterocycles. The molecular formula is C15H18N2. The Balaban J connectivity index is 2.32. The van der Waals surface area contributed by atoms with Gasteiger partial charge >= 0.3 is 0 Å². The SMILES string of the molecule is CNCc1ccc(-c2cc(C)cc(C)c2)cn1. The van der Waals surface area contributed by atoms with Crippen molar-refractivity contribution in [2.45, 2.75) is 20.4 Å². The van der Waals surface area contributed by atoms with Crippen LogP contribution in [0.25, 0.3) is 11.1 Å². The molecule has 0 unspecified atom stereocenters. The van der Waals surface area contributed by atoms with Crippen LogP contribution >= 0.6 is 0 Å². The van der Waals surface area contributed by atoms with Crippen LogP contribution in [0.4, 0.5) is 0 Å². The Hall–Kier alpha value is -1.67. The van der Waals surface area contributed by atoms with Gasteiger partial charge in [0.2, 0.25) is 0 Å². The monoisotopic (exact) mass is 226 g/mol. The quantitative estimate of drug-likeness (QED) is 0.870. The second-order valence-corrected chi connectivity index (χ2v) is 4.44. The van der Waals surface area contributed by atoms with Gasteiger partial charge in [-0.05, 0) is 32.5 Å². The zero-order valence-corrected chi connectivity index (χ0v) is 10.6. The van der Waals surface area contributed by atoms with Crippen molar-refractivity contribution in [2.24, 2.45) is 0 Å². The lowest BCUT2D eigenvalue weighted by Crippen LogP contribution is -2.06. The van der Waals surface area contributed by atoms with E-state index in [1.54, 1.807) is 0 Å². The minimum Gasteiger partial charge on any atom is -0.314 e. The summed E-state index contributed by atoms with van der Waals surface area (Å²) in [6.07, 6.45) is 1.95. The fraction of sp³-hybridized carbons (Fsp3) is 0.267. The maximum Gasteiger partial charge on any atom is 0.0542 e. The topological polar surface area (TPSA) is 24.9 Å². The van der Waals surface area contributed by atoms with Gasteiger partial charge in [-0.1, -0.05) is 35.4 Å². The van der Waals surface area contributed by atoms with E-state index in [9.17, 15) is 0 Å². The Morgan fingerprint density at radius 2 is 1.71 bits per heavy atom. The average molecular weight is 226 g/mol. The Morgan fingerprint density at radius 3 is 2.24 bits per heavy atom. The standard InChI is InChI=1S/C15H18N2/c1-11-6-12(2)8-14(7-11)13-4-5-15(10-16-3)17-9-13/h4-9,16H,10H2,1-3H3. The predicted molar refractivity (Wildman–Crippen MR) is 71.9 cm³/mol. The molecule has 2 rings (SSSR count). The van der Waals surface area contributed by atoms with E-state index in [0.717, 1.165) is 12.2 Å². The van der Waals surface area contributed by atoms with Gasteiger partial charge in [0.05, 0.1) is 5.69 Å². The second kappa shape index (κ2) is 5.11. The maximum absolute atomic E-state index is 4.44. The first kappa shape index (κ1) is 11.8. The molecule has 0 aliphatic heterocycles. The lowest BCUT2D eigenvalue weighted by atomic mass is 10.0. The number of aromatic nitrogens is 1. The minimum atomic E-state index is 0.813. The smallest absolute Gasteiger partial charge is 0.0542 e. The van der Waals surface area contributed by atoms with Gasteiger partial charge in [0.25, 0.3) is 0 Å². The zero-order valence-electron chi connectivity index (χ0n) is 10.6. The molecule has 0 saturated carbocycles. The van der Waals surface area contributed by atoms with E-state index >= 15 is 0 Å². The van der Waals surface area contributed by atoms with E-state index in [-0.39, 0.29) is 0 Å². The van der Waals surface area contributed by atoms with Crippen LogP contribution in [0.2, 0.25) is 0 Å². The molecule has 2 aromatic rings.